The highest BCUT2D eigenvalue weighted by molar-refractivity contribution is 5.91. The second-order valence-electron chi connectivity index (χ2n) is 7.97. The lowest BCUT2D eigenvalue weighted by Gasteiger charge is -2.24. The van der Waals surface area contributed by atoms with Crippen molar-refractivity contribution in [1.82, 2.24) is 14.8 Å². The number of hydrogen-bond acceptors (Lipinski definition) is 8. The highest BCUT2D eigenvalue weighted by Gasteiger charge is 2.42. The Kier molecular flexibility index (Phi) is 5.95. The van der Waals surface area contributed by atoms with Gasteiger partial charge in [-0.3, -0.25) is 4.79 Å². The van der Waals surface area contributed by atoms with Crippen molar-refractivity contribution in [3.63, 3.8) is 0 Å². The highest BCUT2D eigenvalue weighted by Crippen LogP contribution is 2.34. The summed E-state index contributed by atoms with van der Waals surface area (Å²) in [6, 6.07) is 12.0. The lowest BCUT2D eigenvalue weighted by Crippen LogP contribution is -2.44. The third-order valence-corrected chi connectivity index (χ3v) is 5.64. The fourth-order valence-electron chi connectivity index (χ4n) is 3.85. The molecule has 170 valence electrons. The van der Waals surface area contributed by atoms with E-state index in [2.05, 4.69) is 29.2 Å². The second-order valence-corrected chi connectivity index (χ2v) is 7.97. The predicted molar refractivity (Wildman–Crippen MR) is 122 cm³/mol. The van der Waals surface area contributed by atoms with Crippen LogP contribution >= 0.6 is 0 Å². The Hall–Kier alpha value is -4.01. The van der Waals surface area contributed by atoms with Gasteiger partial charge in [-0.15, -0.1) is 0 Å². The van der Waals surface area contributed by atoms with Crippen molar-refractivity contribution >= 4 is 17.6 Å². The number of ether oxygens (including phenoxy) is 2. The van der Waals surface area contributed by atoms with Crippen LogP contribution in [0.15, 0.2) is 53.3 Å². The molecule has 0 spiro atoms. The van der Waals surface area contributed by atoms with Crippen LogP contribution in [0.5, 0.6) is 0 Å². The van der Waals surface area contributed by atoms with Gasteiger partial charge in [0, 0.05) is 16.8 Å². The van der Waals surface area contributed by atoms with E-state index in [0.717, 1.165) is 5.56 Å². The number of para-hydroxylation sites is 1. The first-order valence-corrected chi connectivity index (χ1v) is 10.5. The van der Waals surface area contributed by atoms with Gasteiger partial charge in [-0.1, -0.05) is 50.2 Å². The fraction of sp³-hybridized carbons (Fsp3) is 0.292. The van der Waals surface area contributed by atoms with Crippen molar-refractivity contribution < 1.29 is 19.1 Å². The van der Waals surface area contributed by atoms with Crippen molar-refractivity contribution in [3.8, 4) is 22.6 Å². The third-order valence-electron chi connectivity index (χ3n) is 5.64. The number of anilines is 1. The highest BCUT2D eigenvalue weighted by atomic mass is 16.5. The van der Waals surface area contributed by atoms with Crippen LogP contribution in [-0.4, -0.2) is 47.0 Å². The molecule has 2 aromatic carbocycles. The number of hydrogen-bond donors (Lipinski definition) is 1. The number of carbonyl (C=O) groups is 2. The maximum absolute atomic E-state index is 13.0. The summed E-state index contributed by atoms with van der Waals surface area (Å²) >= 11 is 0. The summed E-state index contributed by atoms with van der Waals surface area (Å²) in [5.41, 5.74) is 2.20. The van der Waals surface area contributed by atoms with Crippen molar-refractivity contribution in [3.05, 3.63) is 64.4 Å². The first-order chi connectivity index (χ1) is 15.8. The van der Waals surface area contributed by atoms with Crippen LogP contribution < -0.4 is 10.9 Å². The molecule has 9 nitrogen and oxygen atoms in total. The van der Waals surface area contributed by atoms with Crippen molar-refractivity contribution in [2.75, 3.05) is 19.5 Å². The van der Waals surface area contributed by atoms with Crippen LogP contribution in [0, 0.1) is 0 Å². The van der Waals surface area contributed by atoms with E-state index < -0.39 is 29.6 Å². The summed E-state index contributed by atoms with van der Waals surface area (Å²) in [6.07, 6.45) is 0. The van der Waals surface area contributed by atoms with Gasteiger partial charge >= 0.3 is 11.9 Å². The summed E-state index contributed by atoms with van der Waals surface area (Å²) in [7, 11) is 2.45. The Labute approximate surface area is 190 Å². The lowest BCUT2D eigenvalue weighted by molar-refractivity contribution is -0.152. The first kappa shape index (κ1) is 22.2. The summed E-state index contributed by atoms with van der Waals surface area (Å²) in [6.45, 7) is 4.15. The Bertz CT molecular complexity index is 1270. The molecule has 1 aliphatic rings. The molecule has 1 aromatic heterocycles. The van der Waals surface area contributed by atoms with Crippen LogP contribution in [0.2, 0.25) is 0 Å². The van der Waals surface area contributed by atoms with Gasteiger partial charge in [-0.2, -0.15) is 10.1 Å². The zero-order valence-corrected chi connectivity index (χ0v) is 18.7. The van der Waals surface area contributed by atoms with E-state index >= 15 is 0 Å². The van der Waals surface area contributed by atoms with Crippen molar-refractivity contribution in [2.45, 2.75) is 31.8 Å². The normalized spacial score (nSPS) is 16.8. The smallest absolute Gasteiger partial charge is 0.333 e. The van der Waals surface area contributed by atoms with Crippen LogP contribution in [-0.2, 0) is 19.1 Å². The molecular weight excluding hydrogens is 424 g/mol. The molecule has 1 N–H and O–H groups in total. The van der Waals surface area contributed by atoms with E-state index in [1.165, 1.54) is 18.9 Å². The van der Waals surface area contributed by atoms with Gasteiger partial charge in [-0.05, 0) is 23.6 Å². The number of nitrogens with one attached hydrogen (secondary N) is 1. The minimum Gasteiger partial charge on any atom is -0.467 e. The van der Waals surface area contributed by atoms with Gasteiger partial charge in [-0.25, -0.2) is 14.3 Å². The SMILES string of the molecule is COC(=O)[C@@H]1[C@H](C(=O)OC)Nc2ccccc2-c2nc(=O)c(-c3ccc(C(C)C)cc3)nn21. The molecule has 1 aliphatic heterocycles. The molecule has 0 radical (unpaired) electrons. The molecule has 33 heavy (non-hydrogen) atoms. The Morgan fingerprint density at radius 1 is 1.00 bits per heavy atom. The molecular formula is C24H24N4O5. The average molecular weight is 448 g/mol. The summed E-state index contributed by atoms with van der Waals surface area (Å²) in [5.74, 6) is -0.944. The van der Waals surface area contributed by atoms with E-state index in [-0.39, 0.29) is 11.5 Å². The average Bonchev–Trinajstić information content (AvgIpc) is 2.97. The topological polar surface area (TPSA) is 112 Å². The lowest BCUT2D eigenvalue weighted by atomic mass is 10.0. The largest absolute Gasteiger partial charge is 0.467 e. The molecule has 3 aromatic rings. The summed E-state index contributed by atoms with van der Waals surface area (Å²) < 4.78 is 11.2. The van der Waals surface area contributed by atoms with Gasteiger partial charge in [0.2, 0.25) is 0 Å². The van der Waals surface area contributed by atoms with E-state index in [0.29, 0.717) is 22.7 Å². The Balaban J connectivity index is 1.98. The van der Waals surface area contributed by atoms with Gasteiger partial charge in [0.25, 0.3) is 5.56 Å². The maximum atomic E-state index is 13.0. The van der Waals surface area contributed by atoms with Gasteiger partial charge < -0.3 is 14.8 Å². The molecule has 0 unspecified atom stereocenters. The zero-order chi connectivity index (χ0) is 23.7. The molecule has 0 aliphatic carbocycles. The number of rotatable bonds is 4. The monoisotopic (exact) mass is 448 g/mol. The summed E-state index contributed by atoms with van der Waals surface area (Å²) in [5, 5.41) is 7.57. The maximum Gasteiger partial charge on any atom is 0.333 e. The van der Waals surface area contributed by atoms with Crippen LogP contribution in [0.3, 0.4) is 0 Å². The van der Waals surface area contributed by atoms with Crippen molar-refractivity contribution in [2.24, 2.45) is 0 Å². The fourth-order valence-corrected chi connectivity index (χ4v) is 3.85. The van der Waals surface area contributed by atoms with Crippen LogP contribution in [0.25, 0.3) is 22.6 Å². The first-order valence-electron chi connectivity index (χ1n) is 10.5. The van der Waals surface area contributed by atoms with Crippen LogP contribution in [0.1, 0.15) is 31.4 Å². The van der Waals surface area contributed by atoms with Crippen molar-refractivity contribution in [1.29, 1.82) is 0 Å². The third kappa shape index (κ3) is 3.97. The number of fused-ring (bicyclic) bond motifs is 3. The Morgan fingerprint density at radius 3 is 2.30 bits per heavy atom. The molecule has 9 heteroatoms. The van der Waals surface area contributed by atoms with Gasteiger partial charge in [0.15, 0.2) is 23.6 Å². The molecule has 0 amide bonds. The number of esters is 2. The predicted octanol–water partition coefficient (Wildman–Crippen LogP) is 2.78. The quantitative estimate of drug-likeness (QED) is 0.607. The minimum atomic E-state index is -1.26. The molecule has 0 fully saturated rings. The second kappa shape index (κ2) is 8.85. The van der Waals surface area contributed by atoms with Gasteiger partial charge in [0.05, 0.1) is 14.2 Å². The molecule has 4 rings (SSSR count). The molecule has 2 atom stereocenters. The van der Waals surface area contributed by atoms with E-state index in [1.807, 2.05) is 12.1 Å². The number of nitrogens with zero attached hydrogens (tertiary/aromatic N) is 3. The molecule has 0 saturated heterocycles. The van der Waals surface area contributed by atoms with Gasteiger partial charge in [0.1, 0.15) is 0 Å². The van der Waals surface area contributed by atoms with Crippen LogP contribution in [0.4, 0.5) is 5.69 Å². The molecule has 0 bridgehead atoms. The number of carbonyl (C=O) groups excluding carboxylic acids is 2. The number of methoxy groups -OCH3 is 2. The summed E-state index contributed by atoms with van der Waals surface area (Å²) in [4.78, 5) is 42.9. The molecule has 2 heterocycles. The number of aromatic nitrogens is 3. The van der Waals surface area contributed by atoms with E-state index in [9.17, 15) is 14.4 Å². The van der Waals surface area contributed by atoms with E-state index in [1.54, 1.807) is 36.4 Å². The zero-order valence-electron chi connectivity index (χ0n) is 18.7. The molecule has 0 saturated carbocycles. The van der Waals surface area contributed by atoms with E-state index in [4.69, 9.17) is 9.47 Å². The Morgan fingerprint density at radius 2 is 1.67 bits per heavy atom. The standard InChI is InChI=1S/C24H24N4O5/c1-13(2)14-9-11-15(12-10-14)18-22(29)26-21-16-7-5-6-8-17(16)25-19(23(30)32-3)20(24(31)33-4)28(21)27-18/h5-13,19-20,25H,1-4H3/t19-,20+/m1/s1. The minimum absolute atomic E-state index is 0.0611. The number of benzene rings is 2.